The Bertz CT molecular complexity index is 474. The third-order valence-electron chi connectivity index (χ3n) is 2.38. The molecule has 0 heterocycles. The molecule has 0 bridgehead atoms. The van der Waals surface area contributed by atoms with E-state index < -0.39 is 0 Å². The summed E-state index contributed by atoms with van der Waals surface area (Å²) in [4.78, 5) is 22.3. The highest BCUT2D eigenvalue weighted by Crippen LogP contribution is 2.24. The second kappa shape index (κ2) is 10.4. The van der Waals surface area contributed by atoms with Gasteiger partial charge in [0, 0.05) is 0 Å². The Morgan fingerprint density at radius 1 is 1.29 bits per heavy atom. The molecule has 0 aliphatic heterocycles. The first-order valence-corrected chi connectivity index (χ1v) is 6.97. The van der Waals surface area contributed by atoms with Crippen LogP contribution in [0.15, 0.2) is 28.7 Å². The third-order valence-corrected chi connectivity index (χ3v) is 3.04. The van der Waals surface area contributed by atoms with E-state index in [9.17, 15) is 9.59 Å². The molecule has 1 rings (SSSR count). The largest absolute Gasteiger partial charge is 0.488 e. The minimum atomic E-state index is -0.363. The second-order valence-electron chi connectivity index (χ2n) is 4.14. The van der Waals surface area contributed by atoms with Crippen LogP contribution in [-0.4, -0.2) is 37.6 Å². The molecule has 0 aromatic heterocycles. The lowest BCUT2D eigenvalue weighted by molar-refractivity contribution is -0.125. The molecule has 6 nitrogen and oxygen atoms in total. The van der Waals surface area contributed by atoms with E-state index in [4.69, 9.17) is 10.5 Å². The predicted octanol–water partition coefficient (Wildman–Crippen LogP) is 0.829. The molecule has 0 saturated heterocycles. The molecule has 0 aliphatic carbocycles. The number of carbonyl (C=O) groups is 2. The first-order chi connectivity index (χ1) is 9.52. The molecule has 0 spiro atoms. The highest BCUT2D eigenvalue weighted by Gasteiger charge is 2.09. The maximum absolute atomic E-state index is 11.5. The van der Waals surface area contributed by atoms with E-state index in [1.165, 1.54) is 0 Å². The summed E-state index contributed by atoms with van der Waals surface area (Å²) in [5, 5.41) is 5.06. The predicted molar refractivity (Wildman–Crippen MR) is 86.6 cm³/mol. The van der Waals surface area contributed by atoms with E-state index in [1.807, 2.05) is 31.2 Å². The van der Waals surface area contributed by atoms with Crippen molar-refractivity contribution in [2.24, 2.45) is 5.73 Å². The molecule has 1 aromatic carbocycles. The van der Waals surface area contributed by atoms with E-state index >= 15 is 0 Å². The number of halogens is 2. The zero-order valence-electron chi connectivity index (χ0n) is 11.6. The topological polar surface area (TPSA) is 93.5 Å². The Morgan fingerprint density at radius 3 is 2.57 bits per heavy atom. The van der Waals surface area contributed by atoms with Crippen LogP contribution in [-0.2, 0) is 9.59 Å². The standard InChI is InChI=1S/C13H18BrN3O3.ClH/c1-9(20-11-5-3-2-4-10(11)14)7-16-13(19)8-17-12(18)6-15;/h2-5,9H,6-8,15H2,1H3,(H,16,19)(H,17,18);1H. The van der Waals surface area contributed by atoms with E-state index in [0.29, 0.717) is 12.3 Å². The summed E-state index contributed by atoms with van der Waals surface area (Å²) in [5.74, 6) is 0.0673. The summed E-state index contributed by atoms with van der Waals surface area (Å²) in [7, 11) is 0. The lowest BCUT2D eigenvalue weighted by atomic mass is 10.3. The Labute approximate surface area is 138 Å². The monoisotopic (exact) mass is 379 g/mol. The van der Waals surface area contributed by atoms with Crippen LogP contribution in [0.5, 0.6) is 5.75 Å². The minimum Gasteiger partial charge on any atom is -0.488 e. The zero-order chi connectivity index (χ0) is 15.0. The van der Waals surface area contributed by atoms with Gasteiger partial charge in [-0.15, -0.1) is 12.4 Å². The van der Waals surface area contributed by atoms with Crippen molar-refractivity contribution in [1.29, 1.82) is 0 Å². The van der Waals surface area contributed by atoms with Crippen LogP contribution in [0, 0.1) is 0 Å². The normalized spacial score (nSPS) is 11.0. The van der Waals surface area contributed by atoms with Gasteiger partial charge in [0.15, 0.2) is 0 Å². The summed E-state index contributed by atoms with van der Waals surface area (Å²) >= 11 is 3.38. The lowest BCUT2D eigenvalue weighted by Gasteiger charge is -2.16. The van der Waals surface area contributed by atoms with Crippen molar-refractivity contribution < 1.29 is 14.3 Å². The number of rotatable bonds is 7. The van der Waals surface area contributed by atoms with E-state index in [2.05, 4.69) is 26.6 Å². The van der Waals surface area contributed by atoms with Gasteiger partial charge in [-0.25, -0.2) is 0 Å². The number of hydrogen-bond acceptors (Lipinski definition) is 4. The minimum absolute atomic E-state index is 0. The fourth-order valence-corrected chi connectivity index (χ4v) is 1.75. The van der Waals surface area contributed by atoms with Gasteiger partial charge in [0.05, 0.1) is 24.1 Å². The van der Waals surface area contributed by atoms with Gasteiger partial charge in [-0.1, -0.05) is 12.1 Å². The smallest absolute Gasteiger partial charge is 0.239 e. The van der Waals surface area contributed by atoms with Gasteiger partial charge >= 0.3 is 0 Å². The Kier molecular flexibility index (Phi) is 9.77. The Hall–Kier alpha value is -1.31. The summed E-state index contributed by atoms with van der Waals surface area (Å²) in [6.07, 6.45) is -0.192. The molecule has 8 heteroatoms. The number of nitrogens with two attached hydrogens (primary N) is 1. The number of carbonyl (C=O) groups excluding carboxylic acids is 2. The first-order valence-electron chi connectivity index (χ1n) is 6.17. The lowest BCUT2D eigenvalue weighted by Crippen LogP contribution is -2.42. The molecule has 1 aromatic rings. The van der Waals surface area contributed by atoms with Gasteiger partial charge in [-0.3, -0.25) is 9.59 Å². The molecular formula is C13H19BrClN3O3. The molecule has 2 amide bonds. The van der Waals surface area contributed by atoms with E-state index in [0.717, 1.165) is 4.47 Å². The summed E-state index contributed by atoms with van der Waals surface area (Å²) in [6.45, 7) is 1.98. The number of ether oxygens (including phenoxy) is 1. The molecule has 1 atom stereocenters. The van der Waals surface area contributed by atoms with Gasteiger partial charge in [-0.05, 0) is 35.0 Å². The van der Waals surface area contributed by atoms with Gasteiger partial charge in [0.2, 0.25) is 11.8 Å². The summed E-state index contributed by atoms with van der Waals surface area (Å²) in [5.41, 5.74) is 5.11. The quantitative estimate of drug-likeness (QED) is 0.653. The van der Waals surface area contributed by atoms with Crippen molar-refractivity contribution in [1.82, 2.24) is 10.6 Å². The number of benzene rings is 1. The highest BCUT2D eigenvalue weighted by atomic mass is 79.9. The number of nitrogens with one attached hydrogen (secondary N) is 2. The van der Waals surface area contributed by atoms with Gasteiger partial charge in [0.25, 0.3) is 0 Å². The molecule has 0 fully saturated rings. The van der Waals surface area contributed by atoms with Gasteiger partial charge < -0.3 is 21.1 Å². The van der Waals surface area contributed by atoms with Crippen LogP contribution in [0.25, 0.3) is 0 Å². The maximum Gasteiger partial charge on any atom is 0.239 e. The van der Waals surface area contributed by atoms with Gasteiger partial charge in [0.1, 0.15) is 11.9 Å². The first kappa shape index (κ1) is 19.7. The Balaban J connectivity index is 0.00000400. The van der Waals surface area contributed by atoms with Crippen molar-refractivity contribution >= 4 is 40.2 Å². The summed E-state index contributed by atoms with van der Waals surface area (Å²) < 4.78 is 6.53. The highest BCUT2D eigenvalue weighted by molar-refractivity contribution is 9.10. The average molecular weight is 381 g/mol. The fourth-order valence-electron chi connectivity index (χ4n) is 1.37. The fraction of sp³-hybridized carbons (Fsp3) is 0.385. The van der Waals surface area contributed by atoms with Crippen molar-refractivity contribution in [3.63, 3.8) is 0 Å². The van der Waals surface area contributed by atoms with Crippen LogP contribution in [0.1, 0.15) is 6.92 Å². The van der Waals surface area contributed by atoms with Crippen molar-refractivity contribution in [3.05, 3.63) is 28.7 Å². The molecule has 21 heavy (non-hydrogen) atoms. The van der Waals surface area contributed by atoms with Gasteiger partial charge in [-0.2, -0.15) is 0 Å². The van der Waals surface area contributed by atoms with E-state index in [1.54, 1.807) is 0 Å². The van der Waals surface area contributed by atoms with E-state index in [-0.39, 0.29) is 43.4 Å². The third kappa shape index (κ3) is 7.89. The van der Waals surface area contributed by atoms with Crippen LogP contribution in [0.4, 0.5) is 0 Å². The number of para-hydroxylation sites is 1. The second-order valence-corrected chi connectivity index (χ2v) is 5.00. The van der Waals surface area contributed by atoms with Crippen LogP contribution in [0.2, 0.25) is 0 Å². The molecule has 118 valence electrons. The molecule has 1 unspecified atom stereocenters. The Morgan fingerprint density at radius 2 is 1.95 bits per heavy atom. The summed E-state index contributed by atoms with van der Waals surface area (Å²) in [6, 6.07) is 7.48. The van der Waals surface area contributed by atoms with Crippen molar-refractivity contribution in [2.75, 3.05) is 19.6 Å². The van der Waals surface area contributed by atoms with Crippen LogP contribution in [0.3, 0.4) is 0 Å². The average Bonchev–Trinajstić information content (AvgIpc) is 2.45. The molecule has 4 N–H and O–H groups in total. The maximum atomic E-state index is 11.5. The number of hydrogen-bond donors (Lipinski definition) is 3. The van der Waals surface area contributed by atoms with Crippen molar-refractivity contribution in [2.45, 2.75) is 13.0 Å². The van der Waals surface area contributed by atoms with Crippen LogP contribution >= 0.6 is 28.3 Å². The number of amides is 2. The molecule has 0 saturated carbocycles. The van der Waals surface area contributed by atoms with Crippen molar-refractivity contribution in [3.8, 4) is 5.75 Å². The molecular weight excluding hydrogens is 362 g/mol. The molecule has 0 aliphatic rings. The van der Waals surface area contributed by atoms with Crippen LogP contribution < -0.4 is 21.1 Å². The SMILES string of the molecule is CC(CNC(=O)CNC(=O)CN)Oc1ccccc1Br.Cl. The zero-order valence-corrected chi connectivity index (χ0v) is 14.0. The molecule has 0 radical (unpaired) electrons.